The van der Waals surface area contributed by atoms with Gasteiger partial charge in [-0.2, -0.15) is 5.26 Å². The molecule has 2 N–H and O–H groups in total. The third-order valence-corrected chi connectivity index (χ3v) is 6.37. The lowest BCUT2D eigenvalue weighted by molar-refractivity contribution is 0.177. The van der Waals surface area contributed by atoms with Crippen LogP contribution >= 0.6 is 23.2 Å². The summed E-state index contributed by atoms with van der Waals surface area (Å²) in [4.78, 5) is 21.0. The molecule has 4 rings (SSSR count). The number of halogens is 2. The number of nitrogens with one attached hydrogen (secondary N) is 1. The minimum absolute atomic E-state index is 0.167. The predicted octanol–water partition coefficient (Wildman–Crippen LogP) is 5.03. The number of amides is 2. The summed E-state index contributed by atoms with van der Waals surface area (Å²) in [7, 11) is 0. The highest BCUT2D eigenvalue weighted by Gasteiger charge is 2.23. The SMILES string of the molecule is N#Cc1cccc(-c2ccc(N(CCN3CCC(O)C3)C(=O)Nc3cnc(Cl)c(Cl)c3)cc2)c1. The molecule has 2 amide bonds. The van der Waals surface area contributed by atoms with Crippen molar-refractivity contribution in [3.05, 3.63) is 76.5 Å². The third-order valence-electron chi connectivity index (χ3n) is 5.68. The summed E-state index contributed by atoms with van der Waals surface area (Å²) in [5.74, 6) is 0. The van der Waals surface area contributed by atoms with Gasteiger partial charge >= 0.3 is 6.03 Å². The van der Waals surface area contributed by atoms with Crippen molar-refractivity contribution in [3.63, 3.8) is 0 Å². The summed E-state index contributed by atoms with van der Waals surface area (Å²) in [5, 5.41) is 22.2. The van der Waals surface area contributed by atoms with Crippen LogP contribution in [0.15, 0.2) is 60.8 Å². The number of aromatic nitrogens is 1. The largest absolute Gasteiger partial charge is 0.392 e. The summed E-state index contributed by atoms with van der Waals surface area (Å²) >= 11 is 11.9. The molecule has 1 aliphatic rings. The molecule has 3 aromatic rings. The number of likely N-dealkylation sites (tertiary alicyclic amines) is 1. The lowest BCUT2D eigenvalue weighted by Crippen LogP contribution is -2.40. The van der Waals surface area contributed by atoms with Gasteiger partial charge in [-0.1, -0.05) is 47.5 Å². The van der Waals surface area contributed by atoms with Crippen molar-refractivity contribution >= 4 is 40.6 Å². The van der Waals surface area contributed by atoms with E-state index < -0.39 is 0 Å². The molecule has 0 saturated carbocycles. The van der Waals surface area contributed by atoms with Crippen LogP contribution in [-0.4, -0.2) is 53.3 Å². The molecule has 0 spiro atoms. The fourth-order valence-electron chi connectivity index (χ4n) is 3.89. The summed E-state index contributed by atoms with van der Waals surface area (Å²) in [6, 6.07) is 18.3. The molecular weight excluding hydrogens is 473 g/mol. The molecule has 1 unspecified atom stereocenters. The zero-order chi connectivity index (χ0) is 24.1. The number of carbonyl (C=O) groups excluding carboxylic acids is 1. The van der Waals surface area contributed by atoms with Crippen LogP contribution < -0.4 is 10.2 Å². The zero-order valence-corrected chi connectivity index (χ0v) is 19.8. The second-order valence-electron chi connectivity index (χ2n) is 8.06. The van der Waals surface area contributed by atoms with Gasteiger partial charge in [-0.3, -0.25) is 9.80 Å². The van der Waals surface area contributed by atoms with Crippen molar-refractivity contribution in [2.24, 2.45) is 0 Å². The van der Waals surface area contributed by atoms with Gasteiger partial charge in [0.1, 0.15) is 5.15 Å². The monoisotopic (exact) mass is 495 g/mol. The van der Waals surface area contributed by atoms with Gasteiger partial charge in [-0.25, -0.2) is 9.78 Å². The van der Waals surface area contributed by atoms with Gasteiger partial charge in [0.05, 0.1) is 34.6 Å². The first-order valence-electron chi connectivity index (χ1n) is 10.8. The van der Waals surface area contributed by atoms with Crippen LogP contribution in [0.5, 0.6) is 0 Å². The summed E-state index contributed by atoms with van der Waals surface area (Å²) in [6.07, 6.45) is 1.86. The van der Waals surface area contributed by atoms with Gasteiger partial charge in [-0.05, 0) is 47.9 Å². The van der Waals surface area contributed by atoms with Crippen molar-refractivity contribution in [1.82, 2.24) is 9.88 Å². The second-order valence-corrected chi connectivity index (χ2v) is 8.83. The van der Waals surface area contributed by atoms with E-state index >= 15 is 0 Å². The van der Waals surface area contributed by atoms with Crippen LogP contribution in [-0.2, 0) is 0 Å². The van der Waals surface area contributed by atoms with E-state index in [1.54, 1.807) is 17.0 Å². The number of carbonyl (C=O) groups is 1. The number of aliphatic hydroxyl groups is 1. The highest BCUT2D eigenvalue weighted by molar-refractivity contribution is 6.41. The molecule has 1 atom stereocenters. The molecule has 1 fully saturated rings. The molecule has 1 aromatic heterocycles. The maximum absolute atomic E-state index is 13.2. The Morgan fingerprint density at radius 1 is 1.21 bits per heavy atom. The lowest BCUT2D eigenvalue weighted by atomic mass is 10.0. The number of nitrogens with zero attached hydrogens (tertiary/aromatic N) is 4. The van der Waals surface area contributed by atoms with Gasteiger partial charge in [0, 0.05) is 31.9 Å². The smallest absolute Gasteiger partial charge is 0.326 e. The van der Waals surface area contributed by atoms with E-state index in [0.29, 0.717) is 36.6 Å². The van der Waals surface area contributed by atoms with Crippen LogP contribution in [0.25, 0.3) is 11.1 Å². The predicted molar refractivity (Wildman–Crippen MR) is 134 cm³/mol. The molecule has 1 aliphatic heterocycles. The van der Waals surface area contributed by atoms with Gasteiger partial charge < -0.3 is 10.4 Å². The van der Waals surface area contributed by atoms with E-state index in [9.17, 15) is 9.90 Å². The number of pyridine rings is 1. The Labute approximate surface area is 208 Å². The van der Waals surface area contributed by atoms with Gasteiger partial charge in [-0.15, -0.1) is 0 Å². The van der Waals surface area contributed by atoms with E-state index in [-0.39, 0.29) is 22.3 Å². The molecule has 0 aliphatic carbocycles. The normalized spacial score (nSPS) is 15.6. The number of nitriles is 1. The maximum atomic E-state index is 13.2. The van der Waals surface area contributed by atoms with Gasteiger partial charge in [0.25, 0.3) is 0 Å². The number of rotatable bonds is 6. The number of anilines is 2. The Morgan fingerprint density at radius 2 is 2.00 bits per heavy atom. The van der Waals surface area contributed by atoms with Crippen molar-refractivity contribution in [2.45, 2.75) is 12.5 Å². The van der Waals surface area contributed by atoms with E-state index in [2.05, 4.69) is 21.3 Å². The van der Waals surface area contributed by atoms with Crippen molar-refractivity contribution in [3.8, 4) is 17.2 Å². The lowest BCUT2D eigenvalue weighted by Gasteiger charge is -2.26. The topological polar surface area (TPSA) is 92.5 Å². The highest BCUT2D eigenvalue weighted by Crippen LogP contribution is 2.26. The molecular formula is C25H23Cl2N5O2. The summed E-state index contributed by atoms with van der Waals surface area (Å²) < 4.78 is 0. The first-order valence-corrected chi connectivity index (χ1v) is 11.6. The first kappa shape index (κ1) is 24.0. The van der Waals surface area contributed by atoms with Gasteiger partial charge in [0.2, 0.25) is 0 Å². The molecule has 2 heterocycles. The fourth-order valence-corrected chi connectivity index (χ4v) is 4.16. The number of benzene rings is 2. The number of β-amino-alcohol motifs (C(OH)–C–C–N with tert-alkyl or cyclic N) is 1. The highest BCUT2D eigenvalue weighted by atomic mass is 35.5. The summed E-state index contributed by atoms with van der Waals surface area (Å²) in [5.41, 5.74) is 3.61. The average molecular weight is 496 g/mol. The minimum atomic E-state index is -0.334. The van der Waals surface area contributed by atoms with Crippen LogP contribution in [0.1, 0.15) is 12.0 Å². The molecule has 1 saturated heterocycles. The van der Waals surface area contributed by atoms with Crippen LogP contribution in [0.4, 0.5) is 16.2 Å². The Morgan fingerprint density at radius 3 is 2.68 bits per heavy atom. The number of aliphatic hydroxyl groups excluding tert-OH is 1. The second kappa shape index (κ2) is 10.9. The Bertz CT molecular complexity index is 1210. The summed E-state index contributed by atoms with van der Waals surface area (Å²) in [6.45, 7) is 2.44. The molecule has 34 heavy (non-hydrogen) atoms. The van der Waals surface area contributed by atoms with E-state index in [1.165, 1.54) is 6.20 Å². The number of urea groups is 1. The molecule has 0 bridgehead atoms. The zero-order valence-electron chi connectivity index (χ0n) is 18.3. The van der Waals surface area contributed by atoms with Gasteiger partial charge in [0.15, 0.2) is 0 Å². The number of hydrogen-bond acceptors (Lipinski definition) is 5. The minimum Gasteiger partial charge on any atom is -0.392 e. The molecule has 7 nitrogen and oxygen atoms in total. The maximum Gasteiger partial charge on any atom is 0.326 e. The number of hydrogen-bond donors (Lipinski definition) is 2. The van der Waals surface area contributed by atoms with Crippen molar-refractivity contribution < 1.29 is 9.90 Å². The third kappa shape index (κ3) is 5.85. The Balaban J connectivity index is 1.55. The fraction of sp³-hybridized carbons (Fsp3) is 0.240. The van der Waals surface area contributed by atoms with E-state index in [1.807, 2.05) is 42.5 Å². The van der Waals surface area contributed by atoms with E-state index in [0.717, 1.165) is 24.1 Å². The Hall–Kier alpha value is -3.15. The van der Waals surface area contributed by atoms with Crippen molar-refractivity contribution in [2.75, 3.05) is 36.4 Å². The molecule has 174 valence electrons. The van der Waals surface area contributed by atoms with Crippen molar-refractivity contribution in [1.29, 1.82) is 5.26 Å². The van der Waals surface area contributed by atoms with Crippen LogP contribution in [0.3, 0.4) is 0 Å². The van der Waals surface area contributed by atoms with E-state index in [4.69, 9.17) is 28.5 Å². The average Bonchev–Trinajstić information content (AvgIpc) is 3.27. The molecule has 2 aromatic carbocycles. The molecule has 9 heteroatoms. The quantitative estimate of drug-likeness (QED) is 0.467. The molecule has 0 radical (unpaired) electrons. The van der Waals surface area contributed by atoms with Crippen LogP contribution in [0, 0.1) is 11.3 Å². The van der Waals surface area contributed by atoms with Crippen LogP contribution in [0.2, 0.25) is 10.2 Å². The standard InChI is InChI=1S/C25H23Cl2N5O2/c26-23-13-20(15-29-24(23)27)30-25(34)32(11-10-31-9-8-22(33)16-31)21-6-4-18(5-7-21)19-3-1-2-17(12-19)14-28/h1-7,12-13,15,22,33H,8-11,16H2,(H,30,34). The first-order chi connectivity index (χ1) is 16.4. The Kier molecular flexibility index (Phi) is 7.66.